The highest BCUT2D eigenvalue weighted by Gasteiger charge is 2.09. The Hall–Kier alpha value is -1.83. The number of benzene rings is 1. The smallest absolute Gasteiger partial charge is 0.222 e. The lowest BCUT2D eigenvalue weighted by Crippen LogP contribution is -2.26. The van der Waals surface area contributed by atoms with Gasteiger partial charge in [-0.3, -0.25) is 4.79 Å². The van der Waals surface area contributed by atoms with Crippen LogP contribution in [0.1, 0.15) is 30.9 Å². The normalized spacial score (nSPS) is 9.86. The summed E-state index contributed by atoms with van der Waals surface area (Å²) in [5, 5.41) is 8.70. The molecule has 0 aliphatic rings. The average Bonchev–Trinajstić information content (AvgIpc) is 2.49. The van der Waals surface area contributed by atoms with Gasteiger partial charge in [-0.2, -0.15) is 0 Å². The van der Waals surface area contributed by atoms with Gasteiger partial charge < -0.3 is 14.7 Å². The Morgan fingerprint density at radius 1 is 1.43 bits per heavy atom. The Morgan fingerprint density at radius 2 is 2.24 bits per heavy atom. The van der Waals surface area contributed by atoms with Crippen LogP contribution in [0.4, 0.5) is 0 Å². The van der Waals surface area contributed by atoms with Crippen LogP contribution in [0.3, 0.4) is 0 Å². The van der Waals surface area contributed by atoms with Crippen molar-refractivity contribution in [1.82, 2.24) is 4.90 Å². The number of carbonyl (C=O) groups is 1. The maximum absolute atomic E-state index is 12.0. The van der Waals surface area contributed by atoms with E-state index in [1.54, 1.807) is 11.9 Å². The molecule has 4 heteroatoms. The van der Waals surface area contributed by atoms with Gasteiger partial charge in [0.1, 0.15) is 6.61 Å². The van der Waals surface area contributed by atoms with Crippen LogP contribution >= 0.6 is 0 Å². The summed E-state index contributed by atoms with van der Waals surface area (Å²) in [7, 11) is 1.80. The van der Waals surface area contributed by atoms with E-state index in [2.05, 4.69) is 11.8 Å². The highest BCUT2D eigenvalue weighted by molar-refractivity contribution is 5.75. The van der Waals surface area contributed by atoms with Crippen LogP contribution in [0.15, 0.2) is 24.3 Å². The molecule has 1 aromatic carbocycles. The Balaban J connectivity index is 2.50. The first-order valence-corrected chi connectivity index (χ1v) is 7.17. The summed E-state index contributed by atoms with van der Waals surface area (Å²) in [6.45, 7) is 3.67. The van der Waals surface area contributed by atoms with Gasteiger partial charge in [-0.25, -0.2) is 0 Å². The highest BCUT2D eigenvalue weighted by atomic mass is 16.5. The standard InChI is InChI=1S/C17H23NO3/c1-3-21-12-6-10-17(20)18(2)14-16-8-4-7-15(13-16)9-5-11-19/h4,7-8,13,19H,3,6,10-12,14H2,1-2H3. The fourth-order valence-electron chi connectivity index (χ4n) is 1.91. The minimum Gasteiger partial charge on any atom is -0.384 e. The van der Waals surface area contributed by atoms with Gasteiger partial charge in [-0.05, 0) is 31.0 Å². The molecule has 0 saturated heterocycles. The zero-order valence-electron chi connectivity index (χ0n) is 12.8. The van der Waals surface area contributed by atoms with Gasteiger partial charge >= 0.3 is 0 Å². The summed E-state index contributed by atoms with van der Waals surface area (Å²) < 4.78 is 5.23. The van der Waals surface area contributed by atoms with Gasteiger partial charge in [-0.15, -0.1) is 0 Å². The maximum atomic E-state index is 12.0. The average molecular weight is 289 g/mol. The zero-order valence-corrected chi connectivity index (χ0v) is 12.8. The molecule has 4 nitrogen and oxygen atoms in total. The van der Waals surface area contributed by atoms with Crippen LogP contribution in [-0.2, 0) is 16.1 Å². The van der Waals surface area contributed by atoms with Crippen LogP contribution in [0.5, 0.6) is 0 Å². The van der Waals surface area contributed by atoms with Gasteiger partial charge in [0.2, 0.25) is 5.91 Å². The SMILES string of the molecule is CCOCCCC(=O)N(C)Cc1cccc(C#CCO)c1. The number of nitrogens with zero attached hydrogens (tertiary/aromatic N) is 1. The van der Waals surface area contributed by atoms with Gasteiger partial charge in [0.15, 0.2) is 0 Å². The minimum atomic E-state index is -0.150. The Kier molecular flexibility index (Phi) is 8.18. The molecule has 0 bridgehead atoms. The van der Waals surface area contributed by atoms with E-state index >= 15 is 0 Å². The molecule has 0 fully saturated rings. The van der Waals surface area contributed by atoms with E-state index in [0.29, 0.717) is 26.2 Å². The van der Waals surface area contributed by atoms with Crippen molar-refractivity contribution in [1.29, 1.82) is 0 Å². The molecule has 0 radical (unpaired) electrons. The molecule has 1 N–H and O–H groups in total. The van der Waals surface area contributed by atoms with Crippen molar-refractivity contribution in [3.05, 3.63) is 35.4 Å². The van der Waals surface area contributed by atoms with Crippen molar-refractivity contribution >= 4 is 5.91 Å². The lowest BCUT2D eigenvalue weighted by molar-refractivity contribution is -0.130. The number of hydrogen-bond donors (Lipinski definition) is 1. The Morgan fingerprint density at radius 3 is 2.95 bits per heavy atom. The molecular formula is C17H23NO3. The van der Waals surface area contributed by atoms with Crippen LogP contribution in [0.25, 0.3) is 0 Å². The van der Waals surface area contributed by atoms with Crippen LogP contribution < -0.4 is 0 Å². The summed E-state index contributed by atoms with van der Waals surface area (Å²) in [6.07, 6.45) is 1.25. The summed E-state index contributed by atoms with van der Waals surface area (Å²) >= 11 is 0. The van der Waals surface area contributed by atoms with Gasteiger partial charge in [-0.1, -0.05) is 24.0 Å². The quantitative estimate of drug-likeness (QED) is 0.615. The van der Waals surface area contributed by atoms with E-state index in [9.17, 15) is 4.79 Å². The molecule has 0 aromatic heterocycles. The van der Waals surface area contributed by atoms with Crippen LogP contribution in [0.2, 0.25) is 0 Å². The third-order valence-corrected chi connectivity index (χ3v) is 2.97. The second-order valence-electron chi connectivity index (χ2n) is 4.71. The summed E-state index contributed by atoms with van der Waals surface area (Å²) in [4.78, 5) is 13.7. The number of hydrogen-bond acceptors (Lipinski definition) is 3. The maximum Gasteiger partial charge on any atom is 0.222 e. The van der Waals surface area contributed by atoms with E-state index in [1.165, 1.54) is 0 Å². The monoisotopic (exact) mass is 289 g/mol. The number of aliphatic hydroxyl groups excluding tert-OH is 1. The lowest BCUT2D eigenvalue weighted by Gasteiger charge is -2.17. The minimum absolute atomic E-state index is 0.113. The van der Waals surface area contributed by atoms with Crippen molar-refractivity contribution in [3.63, 3.8) is 0 Å². The van der Waals surface area contributed by atoms with Gasteiger partial charge in [0.25, 0.3) is 0 Å². The molecule has 0 unspecified atom stereocenters. The molecular weight excluding hydrogens is 266 g/mol. The van der Waals surface area contributed by atoms with E-state index in [-0.39, 0.29) is 12.5 Å². The van der Waals surface area contributed by atoms with E-state index in [4.69, 9.17) is 9.84 Å². The summed E-state index contributed by atoms with van der Waals surface area (Å²) in [5.74, 6) is 5.60. The first kappa shape index (κ1) is 17.2. The predicted molar refractivity (Wildman–Crippen MR) is 82.6 cm³/mol. The number of aliphatic hydroxyl groups is 1. The molecule has 114 valence electrons. The van der Waals surface area contributed by atoms with Crippen molar-refractivity contribution in [2.75, 3.05) is 26.9 Å². The second kappa shape index (κ2) is 9.98. The molecule has 0 atom stereocenters. The van der Waals surface area contributed by atoms with Crippen molar-refractivity contribution in [2.45, 2.75) is 26.3 Å². The molecule has 0 spiro atoms. The summed E-state index contributed by atoms with van der Waals surface area (Å²) in [6, 6.07) is 7.70. The van der Waals surface area contributed by atoms with E-state index < -0.39 is 0 Å². The number of ether oxygens (including phenoxy) is 1. The highest BCUT2D eigenvalue weighted by Crippen LogP contribution is 2.08. The lowest BCUT2D eigenvalue weighted by atomic mass is 10.1. The fourth-order valence-corrected chi connectivity index (χ4v) is 1.91. The molecule has 1 amide bonds. The first-order valence-electron chi connectivity index (χ1n) is 7.17. The Bertz CT molecular complexity index is 502. The fraction of sp³-hybridized carbons (Fsp3) is 0.471. The Labute approximate surface area is 126 Å². The molecule has 0 aliphatic carbocycles. The van der Waals surface area contributed by atoms with Crippen molar-refractivity contribution in [2.24, 2.45) is 0 Å². The van der Waals surface area contributed by atoms with Crippen molar-refractivity contribution in [3.8, 4) is 11.8 Å². The number of carbonyl (C=O) groups excluding carboxylic acids is 1. The molecule has 1 aromatic rings. The topological polar surface area (TPSA) is 49.8 Å². The van der Waals surface area contributed by atoms with Gasteiger partial charge in [0.05, 0.1) is 0 Å². The zero-order chi connectivity index (χ0) is 15.5. The van der Waals surface area contributed by atoms with Crippen molar-refractivity contribution < 1.29 is 14.6 Å². The third-order valence-electron chi connectivity index (χ3n) is 2.97. The second-order valence-corrected chi connectivity index (χ2v) is 4.71. The molecule has 0 saturated carbocycles. The molecule has 1 rings (SSSR count). The molecule has 21 heavy (non-hydrogen) atoms. The van der Waals surface area contributed by atoms with Crippen LogP contribution in [-0.4, -0.2) is 42.8 Å². The number of amides is 1. The summed E-state index contributed by atoms with van der Waals surface area (Å²) in [5.41, 5.74) is 1.87. The third kappa shape index (κ3) is 6.94. The largest absolute Gasteiger partial charge is 0.384 e. The predicted octanol–water partition coefficient (Wildman–Crippen LogP) is 1.81. The number of rotatable bonds is 7. The molecule has 0 heterocycles. The van der Waals surface area contributed by atoms with E-state index in [1.807, 2.05) is 31.2 Å². The molecule has 0 aliphatic heterocycles. The first-order chi connectivity index (χ1) is 10.2. The van der Waals surface area contributed by atoms with Gasteiger partial charge in [0, 0.05) is 38.8 Å². The van der Waals surface area contributed by atoms with E-state index in [0.717, 1.165) is 17.5 Å². The van der Waals surface area contributed by atoms with Crippen LogP contribution in [0, 0.1) is 11.8 Å².